The van der Waals surface area contributed by atoms with Gasteiger partial charge in [-0.2, -0.15) is 0 Å². The maximum atomic E-state index is 13.1. The highest BCUT2D eigenvalue weighted by atomic mass is 16.5. The zero-order valence-electron chi connectivity index (χ0n) is 18.3. The van der Waals surface area contributed by atoms with Gasteiger partial charge in [-0.3, -0.25) is 19.5 Å². The van der Waals surface area contributed by atoms with Crippen LogP contribution in [0.25, 0.3) is 0 Å². The Morgan fingerprint density at radius 1 is 1.06 bits per heavy atom. The van der Waals surface area contributed by atoms with E-state index in [2.05, 4.69) is 4.99 Å². The molecule has 2 aromatic carbocycles. The maximum Gasteiger partial charge on any atom is 0.336 e. The molecule has 1 atom stereocenters. The number of hydrogen-bond donors (Lipinski definition) is 0. The second-order valence-corrected chi connectivity index (χ2v) is 7.67. The number of benzene rings is 2. The number of carbonyl (C=O) groups excluding carboxylic acids is 3. The van der Waals surface area contributed by atoms with Crippen molar-refractivity contribution in [2.75, 3.05) is 20.3 Å². The van der Waals surface area contributed by atoms with E-state index >= 15 is 0 Å². The standard InChI is InChI=1S/C25H24N2O5/c1-4-32-25(30)22-19(16-9-7-8-12-21(16)31-3)13-15(2)26-20(22)14-27-23(28)17-10-5-6-11-18(17)24(27)29/h5-12,19H,4,13-14H2,1-3H3. The van der Waals surface area contributed by atoms with Gasteiger partial charge < -0.3 is 9.47 Å². The molecule has 32 heavy (non-hydrogen) atoms. The lowest BCUT2D eigenvalue weighted by atomic mass is 9.83. The van der Waals surface area contributed by atoms with Crippen molar-refractivity contribution >= 4 is 23.5 Å². The molecule has 2 aliphatic heterocycles. The molecule has 2 heterocycles. The molecule has 0 spiro atoms. The number of methoxy groups -OCH3 is 1. The first kappa shape index (κ1) is 21.5. The van der Waals surface area contributed by atoms with E-state index in [-0.39, 0.29) is 19.1 Å². The molecule has 0 saturated carbocycles. The number of imide groups is 1. The van der Waals surface area contributed by atoms with Crippen LogP contribution in [0.4, 0.5) is 0 Å². The fraction of sp³-hybridized carbons (Fsp3) is 0.280. The van der Waals surface area contributed by atoms with Gasteiger partial charge in [0.1, 0.15) is 5.75 Å². The molecule has 7 nitrogen and oxygen atoms in total. The molecule has 0 bridgehead atoms. The minimum Gasteiger partial charge on any atom is -0.496 e. The van der Waals surface area contributed by atoms with Crippen LogP contribution in [0.1, 0.15) is 52.5 Å². The Morgan fingerprint density at radius 3 is 2.31 bits per heavy atom. The number of ether oxygens (including phenoxy) is 2. The van der Waals surface area contributed by atoms with E-state index < -0.39 is 17.8 Å². The third-order valence-electron chi connectivity index (χ3n) is 5.68. The van der Waals surface area contributed by atoms with Gasteiger partial charge in [0, 0.05) is 17.2 Å². The number of aliphatic imine (C=N–C) groups is 1. The summed E-state index contributed by atoms with van der Waals surface area (Å²) in [4.78, 5) is 44.6. The van der Waals surface area contributed by atoms with E-state index in [9.17, 15) is 14.4 Å². The fourth-order valence-corrected chi connectivity index (χ4v) is 4.28. The van der Waals surface area contributed by atoms with Crippen molar-refractivity contribution in [2.45, 2.75) is 26.2 Å². The Balaban J connectivity index is 1.80. The summed E-state index contributed by atoms with van der Waals surface area (Å²) in [7, 11) is 1.58. The predicted molar refractivity (Wildman–Crippen MR) is 119 cm³/mol. The van der Waals surface area contributed by atoms with E-state index in [4.69, 9.17) is 9.47 Å². The average Bonchev–Trinajstić information content (AvgIpc) is 3.04. The van der Waals surface area contributed by atoms with Crippen molar-refractivity contribution in [3.63, 3.8) is 0 Å². The van der Waals surface area contributed by atoms with Gasteiger partial charge in [-0.05, 0) is 38.5 Å². The normalized spacial score (nSPS) is 17.9. The summed E-state index contributed by atoms with van der Waals surface area (Å²) in [5, 5.41) is 0. The first-order valence-corrected chi connectivity index (χ1v) is 10.5. The molecule has 1 unspecified atom stereocenters. The van der Waals surface area contributed by atoms with Crippen LogP contribution in [0.5, 0.6) is 5.75 Å². The van der Waals surface area contributed by atoms with Gasteiger partial charge in [-0.25, -0.2) is 4.79 Å². The SMILES string of the molecule is CCOC(=O)C1=C(CN2C(=O)c3ccccc3C2=O)N=C(C)CC1c1ccccc1OC. The molecule has 0 saturated heterocycles. The number of rotatable bonds is 6. The Hall–Kier alpha value is -3.74. The first-order valence-electron chi connectivity index (χ1n) is 10.5. The maximum absolute atomic E-state index is 13.1. The van der Waals surface area contributed by atoms with Gasteiger partial charge in [-0.15, -0.1) is 0 Å². The molecule has 164 valence electrons. The Kier molecular flexibility index (Phi) is 5.90. The van der Waals surface area contributed by atoms with Crippen molar-refractivity contribution in [3.05, 3.63) is 76.5 Å². The van der Waals surface area contributed by atoms with Crippen molar-refractivity contribution in [3.8, 4) is 5.75 Å². The molecule has 0 aliphatic carbocycles. The predicted octanol–water partition coefficient (Wildman–Crippen LogP) is 3.76. The quantitative estimate of drug-likeness (QED) is 0.513. The van der Waals surface area contributed by atoms with Crippen LogP contribution in [-0.4, -0.2) is 48.7 Å². The molecule has 0 N–H and O–H groups in total. The lowest BCUT2D eigenvalue weighted by molar-refractivity contribution is -0.139. The van der Waals surface area contributed by atoms with Gasteiger partial charge in [0.05, 0.1) is 42.7 Å². The van der Waals surface area contributed by atoms with Gasteiger partial charge in [0.15, 0.2) is 0 Å². The zero-order valence-corrected chi connectivity index (χ0v) is 18.3. The summed E-state index contributed by atoms with van der Waals surface area (Å²) < 4.78 is 10.9. The van der Waals surface area contributed by atoms with Crippen LogP contribution in [0.15, 0.2) is 64.8 Å². The summed E-state index contributed by atoms with van der Waals surface area (Å²) >= 11 is 0. The van der Waals surface area contributed by atoms with Gasteiger partial charge in [0.2, 0.25) is 0 Å². The molecule has 7 heteroatoms. The monoisotopic (exact) mass is 432 g/mol. The molecular formula is C25H24N2O5. The highest BCUT2D eigenvalue weighted by Gasteiger charge is 2.39. The number of carbonyl (C=O) groups is 3. The minimum absolute atomic E-state index is 0.108. The van der Waals surface area contributed by atoms with Crippen LogP contribution in [0.2, 0.25) is 0 Å². The number of para-hydroxylation sites is 1. The third kappa shape index (κ3) is 3.70. The molecule has 2 amide bonds. The van der Waals surface area contributed by atoms with E-state index in [1.807, 2.05) is 31.2 Å². The molecular weight excluding hydrogens is 408 g/mol. The van der Waals surface area contributed by atoms with Crippen molar-refractivity contribution in [1.29, 1.82) is 0 Å². The highest BCUT2D eigenvalue weighted by Crippen LogP contribution is 2.40. The molecule has 4 rings (SSSR count). The molecule has 0 aromatic heterocycles. The number of amides is 2. The second kappa shape index (κ2) is 8.78. The van der Waals surface area contributed by atoms with E-state index in [0.29, 0.717) is 34.6 Å². The molecule has 0 fully saturated rings. The lowest BCUT2D eigenvalue weighted by Crippen LogP contribution is -2.34. The molecule has 2 aliphatic rings. The summed E-state index contributed by atoms with van der Waals surface area (Å²) in [5.74, 6) is -1.02. The molecule has 0 radical (unpaired) electrons. The van der Waals surface area contributed by atoms with E-state index in [0.717, 1.165) is 16.2 Å². The largest absolute Gasteiger partial charge is 0.496 e. The van der Waals surface area contributed by atoms with Crippen LogP contribution in [-0.2, 0) is 9.53 Å². The Morgan fingerprint density at radius 2 is 1.69 bits per heavy atom. The summed E-state index contributed by atoms with van der Waals surface area (Å²) in [6.45, 7) is 3.69. The van der Waals surface area contributed by atoms with Crippen LogP contribution < -0.4 is 4.74 Å². The van der Waals surface area contributed by atoms with Crippen molar-refractivity contribution < 1.29 is 23.9 Å². The summed E-state index contributed by atoms with van der Waals surface area (Å²) in [5.41, 5.74) is 3.03. The van der Waals surface area contributed by atoms with Crippen LogP contribution in [0, 0.1) is 0 Å². The number of fused-ring (bicyclic) bond motifs is 1. The number of nitrogens with zero attached hydrogens (tertiary/aromatic N) is 2. The van der Waals surface area contributed by atoms with Crippen molar-refractivity contribution in [2.24, 2.45) is 4.99 Å². The first-order chi connectivity index (χ1) is 15.5. The van der Waals surface area contributed by atoms with E-state index in [1.54, 1.807) is 38.3 Å². The summed E-state index contributed by atoms with van der Waals surface area (Å²) in [6, 6.07) is 14.2. The van der Waals surface area contributed by atoms with Crippen LogP contribution in [0.3, 0.4) is 0 Å². The average molecular weight is 432 g/mol. The Bertz CT molecular complexity index is 1130. The fourth-order valence-electron chi connectivity index (χ4n) is 4.28. The van der Waals surface area contributed by atoms with Gasteiger partial charge >= 0.3 is 5.97 Å². The zero-order chi connectivity index (χ0) is 22.8. The smallest absolute Gasteiger partial charge is 0.336 e. The highest BCUT2D eigenvalue weighted by molar-refractivity contribution is 6.21. The molecule has 2 aromatic rings. The summed E-state index contributed by atoms with van der Waals surface area (Å²) in [6.07, 6.45) is 0.500. The van der Waals surface area contributed by atoms with Crippen molar-refractivity contribution in [1.82, 2.24) is 4.90 Å². The van der Waals surface area contributed by atoms with E-state index in [1.165, 1.54) is 0 Å². The lowest BCUT2D eigenvalue weighted by Gasteiger charge is -2.28. The second-order valence-electron chi connectivity index (χ2n) is 7.67. The minimum atomic E-state index is -0.508. The Labute approximate surface area is 186 Å². The number of esters is 1. The van der Waals surface area contributed by atoms with Gasteiger partial charge in [-0.1, -0.05) is 30.3 Å². The third-order valence-corrected chi connectivity index (χ3v) is 5.68. The van der Waals surface area contributed by atoms with Gasteiger partial charge in [0.25, 0.3) is 11.8 Å². The van der Waals surface area contributed by atoms with Crippen LogP contribution >= 0.6 is 0 Å². The topological polar surface area (TPSA) is 85.3 Å². The number of hydrogen-bond acceptors (Lipinski definition) is 6.